The summed E-state index contributed by atoms with van der Waals surface area (Å²) in [5.74, 6) is -0.602. The Balaban J connectivity index is 1.95. The zero-order valence-electron chi connectivity index (χ0n) is 14.7. The number of carbonyl (C=O) groups excluding carboxylic acids is 2. The number of rotatable bonds is 6. The van der Waals surface area contributed by atoms with Crippen LogP contribution >= 0.6 is 0 Å². The molecular weight excluding hydrogens is 310 g/mol. The van der Waals surface area contributed by atoms with Gasteiger partial charge in [0.2, 0.25) is 0 Å². The number of ether oxygens (including phenoxy) is 2. The van der Waals surface area contributed by atoms with E-state index >= 15 is 0 Å². The molecule has 1 N–H and O–H groups in total. The maximum absolute atomic E-state index is 12.0. The van der Waals surface area contributed by atoms with Gasteiger partial charge in [-0.05, 0) is 40.2 Å². The van der Waals surface area contributed by atoms with Crippen molar-refractivity contribution in [3.8, 4) is 0 Å². The Kier molecular flexibility index (Phi) is 6.57. The Morgan fingerprint density at radius 2 is 1.88 bits per heavy atom. The molecule has 2 fully saturated rings. The van der Waals surface area contributed by atoms with Crippen LogP contribution in [0.15, 0.2) is 23.3 Å². The van der Waals surface area contributed by atoms with Gasteiger partial charge in [0, 0.05) is 18.0 Å². The minimum absolute atomic E-state index is 0.106. The maximum atomic E-state index is 12.0. The number of fused-ring (bicyclic) bond motifs is 1. The number of aliphatic hydroxyl groups excluding tert-OH is 1. The van der Waals surface area contributed by atoms with Gasteiger partial charge in [-0.3, -0.25) is 4.90 Å². The average Bonchev–Trinajstić information content (AvgIpc) is 3.16. The van der Waals surface area contributed by atoms with Crippen molar-refractivity contribution in [2.75, 3.05) is 26.3 Å². The van der Waals surface area contributed by atoms with Gasteiger partial charge < -0.3 is 14.6 Å². The van der Waals surface area contributed by atoms with Gasteiger partial charge in [0.05, 0.1) is 24.8 Å². The van der Waals surface area contributed by atoms with E-state index in [0.717, 1.165) is 25.9 Å². The highest BCUT2D eigenvalue weighted by atomic mass is 16.5. The molecule has 6 nitrogen and oxygen atoms in total. The molecule has 2 heterocycles. The molecule has 6 heteroatoms. The lowest BCUT2D eigenvalue weighted by Crippen LogP contribution is -2.38. The van der Waals surface area contributed by atoms with Crippen LogP contribution in [0.1, 0.15) is 33.6 Å². The standard InChI is InChI=1S/C18H27NO5/c1-4-12(3)17(21)24-15-7-9-19-8-6-14(16(15)19)11-23-18(22)13(5-2)10-20/h4-5,14-16,20H,6-11H2,1-3H3/b12-4-,13-5?/t14-,15-,16-/m1/s1. The summed E-state index contributed by atoms with van der Waals surface area (Å²) in [6, 6.07) is 0.106. The van der Waals surface area contributed by atoms with E-state index in [1.807, 2.05) is 6.92 Å². The quantitative estimate of drug-likeness (QED) is 0.584. The minimum atomic E-state index is -0.477. The lowest BCUT2D eigenvalue weighted by Gasteiger charge is -2.26. The normalized spacial score (nSPS) is 27.9. The van der Waals surface area contributed by atoms with Crippen molar-refractivity contribution in [2.24, 2.45) is 5.92 Å². The SMILES string of the molecule is CC=C(CO)C(=O)OC[C@H]1CCN2CC[C@@H](OC(=O)/C(C)=C\C)[C@@H]12. The molecule has 2 rings (SSSR count). The van der Waals surface area contributed by atoms with E-state index in [-0.39, 0.29) is 42.8 Å². The van der Waals surface area contributed by atoms with Crippen LogP contribution < -0.4 is 0 Å². The van der Waals surface area contributed by atoms with Crippen LogP contribution in [-0.4, -0.2) is 60.4 Å². The highest BCUT2D eigenvalue weighted by molar-refractivity contribution is 5.88. The Hall–Kier alpha value is -1.66. The molecule has 0 radical (unpaired) electrons. The molecule has 0 amide bonds. The molecule has 0 spiro atoms. The number of aliphatic hydroxyl groups is 1. The summed E-state index contributed by atoms with van der Waals surface area (Å²) in [5, 5.41) is 9.12. The van der Waals surface area contributed by atoms with Gasteiger partial charge in [-0.15, -0.1) is 0 Å². The first kappa shape index (κ1) is 18.7. The first-order valence-electron chi connectivity index (χ1n) is 8.52. The second kappa shape index (κ2) is 8.44. The Bertz CT molecular complexity index is 540. The molecule has 0 aromatic heterocycles. The monoisotopic (exact) mass is 337 g/mol. The third kappa shape index (κ3) is 4.05. The van der Waals surface area contributed by atoms with Crippen molar-refractivity contribution in [3.05, 3.63) is 23.3 Å². The predicted molar refractivity (Wildman–Crippen MR) is 89.2 cm³/mol. The van der Waals surface area contributed by atoms with Gasteiger partial charge in [-0.2, -0.15) is 0 Å². The lowest BCUT2D eigenvalue weighted by atomic mass is 9.97. The Morgan fingerprint density at radius 1 is 1.17 bits per heavy atom. The Morgan fingerprint density at radius 3 is 2.50 bits per heavy atom. The zero-order valence-corrected chi connectivity index (χ0v) is 14.7. The number of esters is 2. The van der Waals surface area contributed by atoms with E-state index < -0.39 is 5.97 Å². The number of allylic oxidation sites excluding steroid dienone is 2. The first-order chi connectivity index (χ1) is 11.5. The summed E-state index contributed by atoms with van der Waals surface area (Å²) < 4.78 is 11.0. The highest BCUT2D eigenvalue weighted by Gasteiger charge is 2.46. The van der Waals surface area contributed by atoms with E-state index in [9.17, 15) is 9.59 Å². The van der Waals surface area contributed by atoms with Crippen molar-refractivity contribution in [2.45, 2.75) is 45.8 Å². The zero-order chi connectivity index (χ0) is 17.7. The largest absolute Gasteiger partial charge is 0.462 e. The van der Waals surface area contributed by atoms with E-state index in [1.165, 1.54) is 0 Å². The lowest BCUT2D eigenvalue weighted by molar-refractivity contribution is -0.148. The maximum Gasteiger partial charge on any atom is 0.336 e. The van der Waals surface area contributed by atoms with Crippen LogP contribution in [0.3, 0.4) is 0 Å². The summed E-state index contributed by atoms with van der Waals surface area (Å²) in [6.45, 7) is 7.05. The predicted octanol–water partition coefficient (Wildman–Crippen LogP) is 1.44. The molecule has 0 unspecified atom stereocenters. The molecule has 0 aromatic rings. The smallest absolute Gasteiger partial charge is 0.336 e. The topological polar surface area (TPSA) is 76.1 Å². The second-order valence-electron chi connectivity index (χ2n) is 6.35. The fourth-order valence-corrected chi connectivity index (χ4v) is 3.42. The fraction of sp³-hybridized carbons (Fsp3) is 0.667. The van der Waals surface area contributed by atoms with Crippen molar-refractivity contribution in [3.63, 3.8) is 0 Å². The molecule has 2 aliphatic heterocycles. The van der Waals surface area contributed by atoms with E-state index in [2.05, 4.69) is 4.90 Å². The minimum Gasteiger partial charge on any atom is -0.462 e. The van der Waals surface area contributed by atoms with Crippen LogP contribution in [0.4, 0.5) is 0 Å². The molecule has 2 aliphatic rings. The van der Waals surface area contributed by atoms with E-state index in [4.69, 9.17) is 14.6 Å². The van der Waals surface area contributed by atoms with Gasteiger partial charge in [0.15, 0.2) is 0 Å². The third-order valence-electron chi connectivity index (χ3n) is 5.00. The number of carbonyl (C=O) groups is 2. The van der Waals surface area contributed by atoms with E-state index in [1.54, 1.807) is 26.0 Å². The van der Waals surface area contributed by atoms with Crippen molar-refractivity contribution >= 4 is 11.9 Å². The Labute approximate surface area is 143 Å². The van der Waals surface area contributed by atoms with Crippen LogP contribution in [0.5, 0.6) is 0 Å². The molecular formula is C18H27NO5. The van der Waals surface area contributed by atoms with Crippen LogP contribution in [0.2, 0.25) is 0 Å². The van der Waals surface area contributed by atoms with Crippen LogP contribution in [0, 0.1) is 5.92 Å². The molecule has 24 heavy (non-hydrogen) atoms. The third-order valence-corrected chi connectivity index (χ3v) is 5.00. The molecule has 0 aliphatic carbocycles. The van der Waals surface area contributed by atoms with Gasteiger partial charge in [0.25, 0.3) is 0 Å². The highest BCUT2D eigenvalue weighted by Crippen LogP contribution is 2.35. The molecule has 0 aromatic carbocycles. The first-order valence-corrected chi connectivity index (χ1v) is 8.52. The number of nitrogens with zero attached hydrogens (tertiary/aromatic N) is 1. The summed E-state index contributed by atoms with van der Waals surface area (Å²) in [5.41, 5.74) is 0.873. The summed E-state index contributed by atoms with van der Waals surface area (Å²) in [6.07, 6.45) is 4.88. The fourth-order valence-electron chi connectivity index (χ4n) is 3.42. The van der Waals surface area contributed by atoms with E-state index in [0.29, 0.717) is 5.57 Å². The van der Waals surface area contributed by atoms with Crippen molar-refractivity contribution in [1.82, 2.24) is 4.90 Å². The number of hydrogen-bond acceptors (Lipinski definition) is 6. The van der Waals surface area contributed by atoms with Gasteiger partial charge in [0.1, 0.15) is 6.10 Å². The van der Waals surface area contributed by atoms with Crippen LogP contribution in [0.25, 0.3) is 0 Å². The summed E-state index contributed by atoms with van der Waals surface area (Å²) in [4.78, 5) is 26.2. The van der Waals surface area contributed by atoms with Gasteiger partial charge in [-0.25, -0.2) is 9.59 Å². The number of hydrogen-bond donors (Lipinski definition) is 1. The van der Waals surface area contributed by atoms with Gasteiger partial charge in [-0.1, -0.05) is 12.2 Å². The molecule has 134 valence electrons. The second-order valence-corrected chi connectivity index (χ2v) is 6.35. The molecule has 0 saturated carbocycles. The summed E-state index contributed by atoms with van der Waals surface area (Å²) >= 11 is 0. The molecule has 3 atom stereocenters. The van der Waals surface area contributed by atoms with Gasteiger partial charge >= 0.3 is 11.9 Å². The van der Waals surface area contributed by atoms with Crippen LogP contribution in [-0.2, 0) is 19.1 Å². The van der Waals surface area contributed by atoms with Crippen molar-refractivity contribution < 1.29 is 24.2 Å². The average molecular weight is 337 g/mol. The summed E-state index contributed by atoms with van der Waals surface area (Å²) in [7, 11) is 0. The molecule has 2 saturated heterocycles. The molecule has 0 bridgehead atoms. The van der Waals surface area contributed by atoms with Crippen molar-refractivity contribution in [1.29, 1.82) is 0 Å².